The second kappa shape index (κ2) is 8.93. The molecule has 0 aromatic rings. The molecule has 0 saturated carbocycles. The zero-order valence-corrected chi connectivity index (χ0v) is 12.0. The van der Waals surface area contributed by atoms with Crippen LogP contribution in [-0.2, 0) is 4.74 Å². The molecule has 17 heavy (non-hydrogen) atoms. The molecule has 0 spiro atoms. The smallest absolute Gasteiger partial charge is 0.0726 e. The summed E-state index contributed by atoms with van der Waals surface area (Å²) in [5.41, 5.74) is 0. The van der Waals surface area contributed by atoms with Gasteiger partial charge in [-0.05, 0) is 33.1 Å². The van der Waals surface area contributed by atoms with Gasteiger partial charge in [-0.25, -0.2) is 0 Å². The molecule has 2 heteroatoms. The van der Waals surface area contributed by atoms with Crippen LogP contribution in [-0.4, -0.2) is 24.8 Å². The van der Waals surface area contributed by atoms with Gasteiger partial charge in [0, 0.05) is 18.7 Å². The van der Waals surface area contributed by atoms with E-state index in [0.717, 1.165) is 6.61 Å². The lowest BCUT2D eigenvalue weighted by molar-refractivity contribution is 0.0799. The molecule has 3 unspecified atom stereocenters. The van der Waals surface area contributed by atoms with Crippen LogP contribution in [0.2, 0.25) is 0 Å². The zero-order chi connectivity index (χ0) is 12.5. The average molecular weight is 241 g/mol. The largest absolute Gasteiger partial charge is 0.377 e. The monoisotopic (exact) mass is 241 g/mol. The Hall–Kier alpha value is -0.0800. The van der Waals surface area contributed by atoms with Gasteiger partial charge in [-0.15, -0.1) is 0 Å². The third-order valence-electron chi connectivity index (χ3n) is 3.81. The molecule has 0 aromatic carbocycles. The van der Waals surface area contributed by atoms with Crippen molar-refractivity contribution < 1.29 is 4.74 Å². The van der Waals surface area contributed by atoms with Gasteiger partial charge in [0.05, 0.1) is 6.10 Å². The van der Waals surface area contributed by atoms with Gasteiger partial charge in [0.25, 0.3) is 0 Å². The van der Waals surface area contributed by atoms with Crippen molar-refractivity contribution in [3.8, 4) is 0 Å². The van der Waals surface area contributed by atoms with E-state index >= 15 is 0 Å². The summed E-state index contributed by atoms with van der Waals surface area (Å²) in [7, 11) is 0. The molecule has 0 amide bonds. The van der Waals surface area contributed by atoms with E-state index in [2.05, 4.69) is 26.1 Å². The van der Waals surface area contributed by atoms with Crippen molar-refractivity contribution in [1.82, 2.24) is 5.32 Å². The number of nitrogens with one attached hydrogen (secondary N) is 1. The fourth-order valence-corrected chi connectivity index (χ4v) is 2.69. The van der Waals surface area contributed by atoms with Crippen molar-refractivity contribution in [2.75, 3.05) is 6.61 Å². The Morgan fingerprint density at radius 1 is 1.18 bits per heavy atom. The van der Waals surface area contributed by atoms with Crippen LogP contribution in [0.4, 0.5) is 0 Å². The van der Waals surface area contributed by atoms with Crippen LogP contribution < -0.4 is 5.32 Å². The number of hydrogen-bond acceptors (Lipinski definition) is 2. The van der Waals surface area contributed by atoms with Gasteiger partial charge in [0.1, 0.15) is 0 Å². The lowest BCUT2D eigenvalue weighted by Gasteiger charge is -2.24. The van der Waals surface area contributed by atoms with Gasteiger partial charge < -0.3 is 10.1 Å². The minimum atomic E-state index is 0.456. The molecule has 0 aliphatic carbocycles. The predicted molar refractivity (Wildman–Crippen MR) is 74.4 cm³/mol. The Kier molecular flexibility index (Phi) is 7.87. The van der Waals surface area contributed by atoms with E-state index in [9.17, 15) is 0 Å². The Morgan fingerprint density at radius 2 is 1.94 bits per heavy atom. The van der Waals surface area contributed by atoms with E-state index in [-0.39, 0.29) is 0 Å². The van der Waals surface area contributed by atoms with Gasteiger partial charge in [-0.3, -0.25) is 0 Å². The number of ether oxygens (including phenoxy) is 1. The van der Waals surface area contributed by atoms with Crippen LogP contribution in [0.25, 0.3) is 0 Å². The maximum Gasteiger partial charge on any atom is 0.0726 e. The molecular weight excluding hydrogens is 210 g/mol. The Morgan fingerprint density at radius 3 is 2.59 bits per heavy atom. The van der Waals surface area contributed by atoms with Crippen LogP contribution in [0.1, 0.15) is 72.1 Å². The summed E-state index contributed by atoms with van der Waals surface area (Å²) in [6.45, 7) is 7.81. The van der Waals surface area contributed by atoms with Crippen molar-refractivity contribution >= 4 is 0 Å². The maximum absolute atomic E-state index is 5.71. The maximum atomic E-state index is 5.71. The molecule has 1 N–H and O–H groups in total. The highest BCUT2D eigenvalue weighted by Gasteiger charge is 2.22. The molecule has 1 aliphatic heterocycles. The van der Waals surface area contributed by atoms with Crippen LogP contribution in [0.5, 0.6) is 0 Å². The minimum absolute atomic E-state index is 0.456. The van der Waals surface area contributed by atoms with Crippen molar-refractivity contribution in [1.29, 1.82) is 0 Å². The first-order valence-corrected chi connectivity index (χ1v) is 7.61. The fraction of sp³-hybridized carbons (Fsp3) is 1.00. The third kappa shape index (κ3) is 6.42. The van der Waals surface area contributed by atoms with E-state index in [4.69, 9.17) is 4.74 Å². The third-order valence-corrected chi connectivity index (χ3v) is 3.81. The lowest BCUT2D eigenvalue weighted by Crippen LogP contribution is -2.42. The summed E-state index contributed by atoms with van der Waals surface area (Å²) < 4.78 is 5.71. The molecule has 102 valence electrons. The first-order chi connectivity index (χ1) is 8.24. The van der Waals surface area contributed by atoms with E-state index in [0.29, 0.717) is 18.2 Å². The average Bonchev–Trinajstić information content (AvgIpc) is 2.82. The fourth-order valence-electron chi connectivity index (χ4n) is 2.69. The van der Waals surface area contributed by atoms with Crippen molar-refractivity contribution in [2.24, 2.45) is 0 Å². The number of unbranched alkanes of at least 4 members (excludes halogenated alkanes) is 4. The van der Waals surface area contributed by atoms with E-state index in [1.807, 2.05) is 0 Å². The van der Waals surface area contributed by atoms with Gasteiger partial charge in [0.15, 0.2) is 0 Å². The molecule has 1 fully saturated rings. The molecular formula is C15H31NO. The van der Waals surface area contributed by atoms with E-state index in [1.54, 1.807) is 0 Å². The predicted octanol–water partition coefficient (Wildman–Crippen LogP) is 3.89. The van der Waals surface area contributed by atoms with Crippen LogP contribution >= 0.6 is 0 Å². The zero-order valence-electron chi connectivity index (χ0n) is 12.0. The van der Waals surface area contributed by atoms with Crippen molar-refractivity contribution in [2.45, 2.75) is 90.3 Å². The Bertz CT molecular complexity index is 178. The number of hydrogen-bond donors (Lipinski definition) is 1. The molecule has 1 saturated heterocycles. The summed E-state index contributed by atoms with van der Waals surface area (Å²) in [5.74, 6) is 0. The summed E-state index contributed by atoms with van der Waals surface area (Å²) >= 11 is 0. The molecule has 3 atom stereocenters. The highest BCUT2D eigenvalue weighted by Crippen LogP contribution is 2.16. The molecule has 1 heterocycles. The van der Waals surface area contributed by atoms with E-state index in [1.165, 1.54) is 51.4 Å². The molecule has 0 aromatic heterocycles. The summed E-state index contributed by atoms with van der Waals surface area (Å²) in [6, 6.07) is 1.15. The molecule has 0 radical (unpaired) electrons. The van der Waals surface area contributed by atoms with Gasteiger partial charge in [-0.1, -0.05) is 39.0 Å². The standard InChI is InChI=1S/C15H31NO/c1-4-5-6-7-8-10-13(2)16-14(3)15-11-9-12-17-15/h13-16H,4-12H2,1-3H3. The van der Waals surface area contributed by atoms with Gasteiger partial charge in [0.2, 0.25) is 0 Å². The number of rotatable bonds is 9. The second-order valence-corrected chi connectivity index (χ2v) is 5.61. The lowest BCUT2D eigenvalue weighted by atomic mass is 10.0. The van der Waals surface area contributed by atoms with E-state index < -0.39 is 0 Å². The summed E-state index contributed by atoms with van der Waals surface area (Å²) in [5, 5.41) is 3.69. The highest BCUT2D eigenvalue weighted by molar-refractivity contribution is 4.78. The van der Waals surface area contributed by atoms with Crippen molar-refractivity contribution in [3.63, 3.8) is 0 Å². The van der Waals surface area contributed by atoms with Crippen LogP contribution in [0, 0.1) is 0 Å². The SMILES string of the molecule is CCCCCCCC(C)NC(C)C1CCCO1. The van der Waals surface area contributed by atoms with Crippen LogP contribution in [0.15, 0.2) is 0 Å². The molecule has 0 bridgehead atoms. The topological polar surface area (TPSA) is 21.3 Å². The summed E-state index contributed by atoms with van der Waals surface area (Å²) in [4.78, 5) is 0. The van der Waals surface area contributed by atoms with Crippen molar-refractivity contribution in [3.05, 3.63) is 0 Å². The first-order valence-electron chi connectivity index (χ1n) is 7.61. The Labute approximate surface area is 108 Å². The molecule has 1 aliphatic rings. The minimum Gasteiger partial charge on any atom is -0.377 e. The Balaban J connectivity index is 2.01. The highest BCUT2D eigenvalue weighted by atomic mass is 16.5. The summed E-state index contributed by atoms with van der Waals surface area (Å²) in [6.07, 6.45) is 11.1. The van der Waals surface area contributed by atoms with Gasteiger partial charge in [-0.2, -0.15) is 0 Å². The molecule has 1 rings (SSSR count). The normalized spacial score (nSPS) is 23.8. The quantitative estimate of drug-likeness (QED) is 0.618. The van der Waals surface area contributed by atoms with Crippen LogP contribution in [0.3, 0.4) is 0 Å². The second-order valence-electron chi connectivity index (χ2n) is 5.61. The first kappa shape index (κ1) is 15.0. The molecule has 2 nitrogen and oxygen atoms in total. The van der Waals surface area contributed by atoms with Gasteiger partial charge >= 0.3 is 0 Å².